The molecule has 0 aliphatic heterocycles. The van der Waals surface area contributed by atoms with Crippen molar-refractivity contribution in [2.45, 2.75) is 41.5 Å². The molecule has 84 valence electrons. The number of benzene rings is 1. The smallest absolute Gasteiger partial charge is 0.192 e. The zero-order chi connectivity index (χ0) is 11.8. The van der Waals surface area contributed by atoms with E-state index in [1.54, 1.807) is 0 Å². The van der Waals surface area contributed by atoms with E-state index < -0.39 is 0 Å². The normalized spacial score (nSPS) is 8.67. The van der Waals surface area contributed by atoms with Crippen molar-refractivity contribution in [3.63, 3.8) is 0 Å². The van der Waals surface area contributed by atoms with Gasteiger partial charge in [-0.3, -0.25) is 0 Å². The van der Waals surface area contributed by atoms with Crippen LogP contribution in [0, 0.1) is 13.8 Å². The number of oxazole rings is 1. The summed E-state index contributed by atoms with van der Waals surface area (Å²) in [6.45, 7) is 11.9. The second-order valence-corrected chi connectivity index (χ2v) is 2.70. The molecule has 2 aromatic rings. The van der Waals surface area contributed by atoms with Crippen molar-refractivity contribution in [3.05, 3.63) is 29.7 Å². The Balaban J connectivity index is 0.000000442. The summed E-state index contributed by atoms with van der Waals surface area (Å²) in [6.07, 6.45) is 0. The zero-order valence-corrected chi connectivity index (χ0v) is 10.6. The maximum absolute atomic E-state index is 5.34. The van der Waals surface area contributed by atoms with Crippen LogP contribution in [0.3, 0.4) is 0 Å². The van der Waals surface area contributed by atoms with Crippen molar-refractivity contribution in [2.24, 2.45) is 0 Å². The Morgan fingerprint density at radius 2 is 1.60 bits per heavy atom. The molecule has 1 aromatic heterocycles. The van der Waals surface area contributed by atoms with Gasteiger partial charge in [-0.25, -0.2) is 4.98 Å². The van der Waals surface area contributed by atoms with Gasteiger partial charge < -0.3 is 4.42 Å². The summed E-state index contributed by atoms with van der Waals surface area (Å²) in [6, 6.07) is 6.00. The summed E-state index contributed by atoms with van der Waals surface area (Å²) >= 11 is 0. The van der Waals surface area contributed by atoms with Gasteiger partial charge in [0.15, 0.2) is 11.5 Å². The average molecular weight is 207 g/mol. The maximum Gasteiger partial charge on any atom is 0.192 e. The molecule has 2 heteroatoms. The Labute approximate surface area is 92.3 Å². The summed E-state index contributed by atoms with van der Waals surface area (Å²) < 4.78 is 5.34. The number of fused-ring (bicyclic) bond motifs is 1. The number of nitrogens with zero attached hydrogens (tertiary/aromatic N) is 1. The van der Waals surface area contributed by atoms with Gasteiger partial charge in [0.1, 0.15) is 5.52 Å². The SMILES string of the molecule is CC.CC.Cc1ccc2nc(C)oc2c1. The van der Waals surface area contributed by atoms with Crippen LogP contribution in [0.2, 0.25) is 0 Å². The minimum absolute atomic E-state index is 0.727. The van der Waals surface area contributed by atoms with E-state index in [1.165, 1.54) is 5.56 Å². The van der Waals surface area contributed by atoms with Crippen molar-refractivity contribution in [1.29, 1.82) is 0 Å². The number of rotatable bonds is 0. The minimum atomic E-state index is 0.727. The molecule has 0 amide bonds. The summed E-state index contributed by atoms with van der Waals surface area (Å²) in [5, 5.41) is 0. The lowest BCUT2D eigenvalue weighted by Crippen LogP contribution is -1.70. The fourth-order valence-corrected chi connectivity index (χ4v) is 1.15. The highest BCUT2D eigenvalue weighted by atomic mass is 16.3. The highest BCUT2D eigenvalue weighted by molar-refractivity contribution is 5.73. The molecule has 1 aromatic carbocycles. The van der Waals surface area contributed by atoms with Crippen LogP contribution < -0.4 is 0 Å². The van der Waals surface area contributed by atoms with Gasteiger partial charge in [0.2, 0.25) is 0 Å². The number of aryl methyl sites for hydroxylation is 2. The van der Waals surface area contributed by atoms with Gasteiger partial charge in [0, 0.05) is 6.92 Å². The molecule has 0 bridgehead atoms. The van der Waals surface area contributed by atoms with E-state index in [0.717, 1.165) is 17.0 Å². The lowest BCUT2D eigenvalue weighted by molar-refractivity contribution is 0.561. The highest BCUT2D eigenvalue weighted by Gasteiger charge is 1.99. The van der Waals surface area contributed by atoms with Crippen LogP contribution in [-0.2, 0) is 0 Å². The zero-order valence-electron chi connectivity index (χ0n) is 10.6. The van der Waals surface area contributed by atoms with Gasteiger partial charge in [-0.15, -0.1) is 0 Å². The molecule has 0 unspecified atom stereocenters. The molecule has 0 spiro atoms. The van der Waals surface area contributed by atoms with Gasteiger partial charge in [-0.2, -0.15) is 0 Å². The Morgan fingerprint density at radius 3 is 2.20 bits per heavy atom. The first-order chi connectivity index (χ1) is 7.25. The second kappa shape index (κ2) is 7.04. The molecule has 0 radical (unpaired) electrons. The number of aromatic nitrogens is 1. The van der Waals surface area contributed by atoms with E-state index in [9.17, 15) is 0 Å². The van der Waals surface area contributed by atoms with Gasteiger partial charge in [-0.1, -0.05) is 33.8 Å². The number of hydrogen-bond acceptors (Lipinski definition) is 2. The number of hydrogen-bond donors (Lipinski definition) is 0. The predicted octanol–water partition coefficient (Wildman–Crippen LogP) is 4.50. The lowest BCUT2D eigenvalue weighted by Gasteiger charge is -1.87. The van der Waals surface area contributed by atoms with E-state index in [2.05, 4.69) is 4.98 Å². The van der Waals surface area contributed by atoms with Crippen LogP contribution in [0.25, 0.3) is 11.1 Å². The Kier molecular flexibility index (Phi) is 6.43. The van der Waals surface area contributed by atoms with Gasteiger partial charge in [0.25, 0.3) is 0 Å². The third kappa shape index (κ3) is 3.74. The van der Waals surface area contributed by atoms with E-state index in [0.29, 0.717) is 0 Å². The molecule has 0 N–H and O–H groups in total. The first kappa shape index (κ1) is 13.7. The Morgan fingerprint density at radius 1 is 1.00 bits per heavy atom. The predicted molar refractivity (Wildman–Crippen MR) is 66.2 cm³/mol. The van der Waals surface area contributed by atoms with Crippen molar-refractivity contribution in [1.82, 2.24) is 4.98 Å². The van der Waals surface area contributed by atoms with Crippen LogP contribution >= 0.6 is 0 Å². The third-order valence-corrected chi connectivity index (χ3v) is 1.65. The molecule has 15 heavy (non-hydrogen) atoms. The largest absolute Gasteiger partial charge is 0.441 e. The topological polar surface area (TPSA) is 26.0 Å². The van der Waals surface area contributed by atoms with Crippen molar-refractivity contribution in [3.8, 4) is 0 Å². The first-order valence-corrected chi connectivity index (χ1v) is 5.59. The van der Waals surface area contributed by atoms with E-state index >= 15 is 0 Å². The molecule has 0 saturated heterocycles. The van der Waals surface area contributed by atoms with E-state index in [1.807, 2.05) is 59.7 Å². The van der Waals surface area contributed by atoms with Crippen LogP contribution in [0.15, 0.2) is 22.6 Å². The molecule has 0 saturated carbocycles. The summed E-state index contributed by atoms with van der Waals surface area (Å²) in [4.78, 5) is 4.19. The standard InChI is InChI=1S/C9H9NO.2C2H6/c1-6-3-4-8-9(5-6)11-7(2)10-8;2*1-2/h3-5H,1-2H3;2*1-2H3. The van der Waals surface area contributed by atoms with Gasteiger partial charge in [0.05, 0.1) is 0 Å². The minimum Gasteiger partial charge on any atom is -0.441 e. The van der Waals surface area contributed by atoms with Crippen LogP contribution in [-0.4, -0.2) is 4.98 Å². The molecule has 2 rings (SSSR count). The summed E-state index contributed by atoms with van der Waals surface area (Å²) in [7, 11) is 0. The maximum atomic E-state index is 5.34. The van der Waals surface area contributed by atoms with Gasteiger partial charge >= 0.3 is 0 Å². The van der Waals surface area contributed by atoms with E-state index in [-0.39, 0.29) is 0 Å². The van der Waals surface area contributed by atoms with Gasteiger partial charge in [-0.05, 0) is 24.6 Å². The van der Waals surface area contributed by atoms with Crippen molar-refractivity contribution >= 4 is 11.1 Å². The Bertz CT molecular complexity index is 390. The molecule has 2 nitrogen and oxygen atoms in total. The summed E-state index contributed by atoms with van der Waals surface area (Å²) in [5.74, 6) is 0.727. The summed E-state index contributed by atoms with van der Waals surface area (Å²) in [5.41, 5.74) is 3.02. The first-order valence-electron chi connectivity index (χ1n) is 5.59. The highest BCUT2D eigenvalue weighted by Crippen LogP contribution is 2.15. The van der Waals surface area contributed by atoms with Crippen molar-refractivity contribution < 1.29 is 4.42 Å². The fraction of sp³-hybridized carbons (Fsp3) is 0.462. The molecule has 0 fully saturated rings. The monoisotopic (exact) mass is 207 g/mol. The molecule has 1 heterocycles. The molecular weight excluding hydrogens is 186 g/mol. The van der Waals surface area contributed by atoms with Crippen LogP contribution in [0.5, 0.6) is 0 Å². The molecule has 0 atom stereocenters. The lowest BCUT2D eigenvalue weighted by atomic mass is 10.2. The van der Waals surface area contributed by atoms with Crippen molar-refractivity contribution in [2.75, 3.05) is 0 Å². The molecule has 0 aliphatic rings. The van der Waals surface area contributed by atoms with E-state index in [4.69, 9.17) is 4.42 Å². The Hall–Kier alpha value is -1.31. The second-order valence-electron chi connectivity index (χ2n) is 2.70. The average Bonchev–Trinajstić information content (AvgIpc) is 2.63. The molecular formula is C13H21NO. The van der Waals surface area contributed by atoms with Crippen LogP contribution in [0.1, 0.15) is 39.1 Å². The third-order valence-electron chi connectivity index (χ3n) is 1.65. The quantitative estimate of drug-likeness (QED) is 0.635. The molecule has 0 aliphatic carbocycles. The van der Waals surface area contributed by atoms with Crippen LogP contribution in [0.4, 0.5) is 0 Å². The fourth-order valence-electron chi connectivity index (χ4n) is 1.15.